The fraction of sp³-hybridized carbons (Fsp3) is 0.400. The fourth-order valence-corrected chi connectivity index (χ4v) is 3.02. The quantitative estimate of drug-likeness (QED) is 0.583. The average molecular weight is 339 g/mol. The zero-order valence-electron chi connectivity index (χ0n) is 14.6. The van der Waals surface area contributed by atoms with Crippen molar-refractivity contribution in [2.24, 2.45) is 5.73 Å². The zero-order chi connectivity index (χ0) is 17.6. The molecule has 1 aromatic carbocycles. The van der Waals surface area contributed by atoms with Crippen LogP contribution in [0.2, 0.25) is 0 Å². The summed E-state index contributed by atoms with van der Waals surface area (Å²) >= 11 is 0. The Morgan fingerprint density at radius 2 is 2.00 bits per heavy atom. The van der Waals surface area contributed by atoms with Crippen molar-refractivity contribution in [2.75, 3.05) is 7.11 Å². The Labute approximate surface area is 147 Å². The Morgan fingerprint density at radius 3 is 2.76 bits per heavy atom. The molecular weight excluding hydrogens is 314 g/mol. The first-order chi connectivity index (χ1) is 12.2. The minimum absolute atomic E-state index is 0.00840. The number of fused-ring (bicyclic) bond motifs is 1. The first-order valence-corrected chi connectivity index (χ1v) is 8.78. The molecule has 132 valence electrons. The van der Waals surface area contributed by atoms with Crippen LogP contribution in [0.15, 0.2) is 30.3 Å². The first-order valence-electron chi connectivity index (χ1n) is 8.78. The Kier molecular flexibility index (Phi) is 5.91. The standard InChI is InChI=1S/C20H25N3O2/c1-25-19(24)10-6-5-9-17-20(14-7-3-2-4-8-14)23-16-12-11-15(21)13-18(16)22-17/h2-4,7-8,12-13,15,19,24H,5-6,9-11,21H2,1H3. The second-order valence-electron chi connectivity index (χ2n) is 6.36. The van der Waals surface area contributed by atoms with Crippen molar-refractivity contribution in [1.82, 2.24) is 9.97 Å². The van der Waals surface area contributed by atoms with E-state index >= 15 is 0 Å². The van der Waals surface area contributed by atoms with Gasteiger partial charge in [0.05, 0.1) is 22.1 Å². The highest BCUT2D eigenvalue weighted by atomic mass is 16.6. The molecule has 0 amide bonds. The molecule has 25 heavy (non-hydrogen) atoms. The lowest BCUT2D eigenvalue weighted by atomic mass is 10.0. The molecule has 0 fully saturated rings. The van der Waals surface area contributed by atoms with Gasteiger partial charge in [0, 0.05) is 18.7 Å². The Morgan fingerprint density at radius 1 is 1.20 bits per heavy atom. The Balaban J connectivity index is 1.89. The van der Waals surface area contributed by atoms with E-state index in [4.69, 9.17) is 20.4 Å². The van der Waals surface area contributed by atoms with Gasteiger partial charge in [0.15, 0.2) is 6.29 Å². The van der Waals surface area contributed by atoms with Gasteiger partial charge in [-0.3, -0.25) is 0 Å². The summed E-state index contributed by atoms with van der Waals surface area (Å²) in [7, 11) is 1.52. The van der Waals surface area contributed by atoms with Crippen LogP contribution < -0.4 is 16.4 Å². The summed E-state index contributed by atoms with van der Waals surface area (Å²) in [4.78, 5) is 9.72. The summed E-state index contributed by atoms with van der Waals surface area (Å²) in [6.07, 6.45) is 7.40. The van der Waals surface area contributed by atoms with Gasteiger partial charge in [0.2, 0.25) is 0 Å². The predicted octanol–water partition coefficient (Wildman–Crippen LogP) is 1.11. The maximum atomic E-state index is 9.50. The molecule has 0 spiro atoms. The minimum atomic E-state index is -0.691. The molecule has 0 bridgehead atoms. The Hall–Kier alpha value is -2.08. The molecule has 2 unspecified atom stereocenters. The predicted molar refractivity (Wildman–Crippen MR) is 98.8 cm³/mol. The lowest BCUT2D eigenvalue weighted by Crippen LogP contribution is -2.39. The third kappa shape index (κ3) is 4.51. The van der Waals surface area contributed by atoms with Crippen LogP contribution in [0.3, 0.4) is 0 Å². The number of benzene rings is 1. The summed E-state index contributed by atoms with van der Waals surface area (Å²) in [5, 5.41) is 11.3. The van der Waals surface area contributed by atoms with Crippen LogP contribution in [0.25, 0.3) is 23.4 Å². The maximum absolute atomic E-state index is 9.50. The van der Waals surface area contributed by atoms with Crippen LogP contribution >= 0.6 is 0 Å². The van der Waals surface area contributed by atoms with Gasteiger partial charge in [-0.05, 0) is 38.2 Å². The van der Waals surface area contributed by atoms with E-state index in [9.17, 15) is 5.11 Å². The van der Waals surface area contributed by atoms with E-state index in [0.717, 1.165) is 53.3 Å². The maximum Gasteiger partial charge on any atom is 0.154 e. The number of aromatic nitrogens is 2. The molecule has 5 nitrogen and oxygen atoms in total. The van der Waals surface area contributed by atoms with Crippen LogP contribution in [-0.4, -0.2) is 34.5 Å². The number of methoxy groups -OCH3 is 1. The number of aliphatic hydroxyl groups excluding tert-OH is 1. The zero-order valence-corrected chi connectivity index (χ0v) is 14.6. The van der Waals surface area contributed by atoms with E-state index in [-0.39, 0.29) is 6.04 Å². The highest BCUT2D eigenvalue weighted by Crippen LogP contribution is 2.20. The molecule has 0 saturated heterocycles. The Bertz CT molecular complexity index is 821. The second-order valence-corrected chi connectivity index (χ2v) is 6.36. The summed E-state index contributed by atoms with van der Waals surface area (Å²) < 4.78 is 4.89. The van der Waals surface area contributed by atoms with Gasteiger partial charge < -0.3 is 15.6 Å². The lowest BCUT2D eigenvalue weighted by Gasteiger charge is -2.13. The molecule has 1 aliphatic carbocycles. The molecule has 2 atom stereocenters. The number of nitrogens with two attached hydrogens (primary N) is 1. The van der Waals surface area contributed by atoms with E-state index in [2.05, 4.69) is 18.2 Å². The molecular formula is C20H25N3O2. The van der Waals surface area contributed by atoms with E-state index < -0.39 is 6.29 Å². The number of aryl methyl sites for hydroxylation is 1. The SMILES string of the molecule is COC(O)CCCCc1nc2c(nc1-c1ccccc1)=CCC(N)C=2. The van der Waals surface area contributed by atoms with E-state index in [1.807, 2.05) is 24.3 Å². The van der Waals surface area contributed by atoms with Crippen molar-refractivity contribution in [3.05, 3.63) is 46.7 Å². The number of ether oxygens (including phenoxy) is 1. The molecule has 1 aromatic heterocycles. The number of unbranched alkanes of at least 4 members (excludes halogenated alkanes) is 1. The summed E-state index contributed by atoms with van der Waals surface area (Å²) in [6.45, 7) is 0. The molecule has 0 saturated carbocycles. The summed E-state index contributed by atoms with van der Waals surface area (Å²) in [5.74, 6) is 0. The van der Waals surface area contributed by atoms with Crippen molar-refractivity contribution in [3.8, 4) is 11.3 Å². The molecule has 0 aliphatic heterocycles. The van der Waals surface area contributed by atoms with E-state index in [1.165, 1.54) is 7.11 Å². The van der Waals surface area contributed by atoms with Crippen LogP contribution in [0.1, 0.15) is 31.4 Å². The van der Waals surface area contributed by atoms with Gasteiger partial charge in [-0.2, -0.15) is 0 Å². The molecule has 1 heterocycles. The molecule has 5 heteroatoms. The smallest absolute Gasteiger partial charge is 0.154 e. The van der Waals surface area contributed by atoms with Crippen LogP contribution in [0.5, 0.6) is 0 Å². The topological polar surface area (TPSA) is 81.3 Å². The fourth-order valence-electron chi connectivity index (χ4n) is 3.02. The minimum Gasteiger partial charge on any atom is -0.368 e. The summed E-state index contributed by atoms with van der Waals surface area (Å²) in [5.41, 5.74) is 9.02. The van der Waals surface area contributed by atoms with Crippen molar-refractivity contribution < 1.29 is 9.84 Å². The van der Waals surface area contributed by atoms with Gasteiger partial charge in [-0.15, -0.1) is 0 Å². The van der Waals surface area contributed by atoms with E-state index in [0.29, 0.717) is 6.42 Å². The van der Waals surface area contributed by atoms with E-state index in [1.54, 1.807) is 0 Å². The lowest BCUT2D eigenvalue weighted by molar-refractivity contribution is -0.0792. The highest BCUT2D eigenvalue weighted by molar-refractivity contribution is 5.61. The number of nitrogens with zero attached hydrogens (tertiary/aromatic N) is 2. The third-order valence-electron chi connectivity index (χ3n) is 4.41. The van der Waals surface area contributed by atoms with Crippen LogP contribution in [0.4, 0.5) is 0 Å². The van der Waals surface area contributed by atoms with Crippen LogP contribution in [0, 0.1) is 0 Å². The largest absolute Gasteiger partial charge is 0.368 e. The molecule has 1 aliphatic rings. The van der Waals surface area contributed by atoms with Gasteiger partial charge in [0.25, 0.3) is 0 Å². The third-order valence-corrected chi connectivity index (χ3v) is 4.41. The van der Waals surface area contributed by atoms with Crippen LogP contribution in [-0.2, 0) is 11.2 Å². The van der Waals surface area contributed by atoms with Crippen molar-refractivity contribution in [2.45, 2.75) is 44.4 Å². The van der Waals surface area contributed by atoms with Crippen molar-refractivity contribution in [3.63, 3.8) is 0 Å². The average Bonchev–Trinajstić information content (AvgIpc) is 2.65. The number of aliphatic hydroxyl groups is 1. The number of hydrogen-bond donors (Lipinski definition) is 2. The molecule has 3 N–H and O–H groups in total. The normalized spacial score (nSPS) is 17.3. The second kappa shape index (κ2) is 8.34. The summed E-state index contributed by atoms with van der Waals surface area (Å²) in [6, 6.07) is 10.2. The van der Waals surface area contributed by atoms with Gasteiger partial charge in [-0.25, -0.2) is 9.97 Å². The van der Waals surface area contributed by atoms with Gasteiger partial charge >= 0.3 is 0 Å². The van der Waals surface area contributed by atoms with Gasteiger partial charge in [0.1, 0.15) is 0 Å². The monoisotopic (exact) mass is 339 g/mol. The molecule has 3 rings (SSSR count). The van der Waals surface area contributed by atoms with Crippen molar-refractivity contribution >= 4 is 12.2 Å². The first kappa shape index (κ1) is 17.7. The van der Waals surface area contributed by atoms with Crippen molar-refractivity contribution in [1.29, 1.82) is 0 Å². The van der Waals surface area contributed by atoms with Gasteiger partial charge in [-0.1, -0.05) is 36.4 Å². The number of rotatable bonds is 7. The number of hydrogen-bond acceptors (Lipinski definition) is 5. The molecule has 0 radical (unpaired) electrons. The molecule has 2 aromatic rings. The highest BCUT2D eigenvalue weighted by Gasteiger charge is 2.12.